The van der Waals surface area contributed by atoms with Gasteiger partial charge >= 0.3 is 0 Å². The van der Waals surface area contributed by atoms with E-state index in [9.17, 15) is 14.0 Å². The highest BCUT2D eigenvalue weighted by Crippen LogP contribution is 2.25. The quantitative estimate of drug-likeness (QED) is 0.365. The van der Waals surface area contributed by atoms with Crippen LogP contribution in [-0.2, 0) is 22.6 Å². The lowest BCUT2D eigenvalue weighted by molar-refractivity contribution is -0.143. The van der Waals surface area contributed by atoms with Crippen molar-refractivity contribution in [2.24, 2.45) is 0 Å². The molecule has 190 valence electrons. The Bertz CT molecular complexity index is 1200. The van der Waals surface area contributed by atoms with Crippen LogP contribution in [0.15, 0.2) is 72.8 Å². The van der Waals surface area contributed by atoms with Gasteiger partial charge < -0.3 is 15.0 Å². The fraction of sp³-hybridized carbons (Fsp3) is 0.286. The lowest BCUT2D eigenvalue weighted by Crippen LogP contribution is -2.55. The summed E-state index contributed by atoms with van der Waals surface area (Å²) >= 11 is 12.3. The maximum Gasteiger partial charge on any atom is 0.261 e. The number of para-hydroxylation sites is 1. The lowest BCUT2D eigenvalue weighted by atomic mass is 10.0. The van der Waals surface area contributed by atoms with E-state index in [-0.39, 0.29) is 24.6 Å². The van der Waals surface area contributed by atoms with Crippen LogP contribution in [-0.4, -0.2) is 34.9 Å². The van der Waals surface area contributed by atoms with Crippen molar-refractivity contribution in [1.82, 2.24) is 10.2 Å². The van der Waals surface area contributed by atoms with E-state index in [1.165, 1.54) is 23.1 Å². The summed E-state index contributed by atoms with van der Waals surface area (Å²) in [5.41, 5.74) is 1.05. The van der Waals surface area contributed by atoms with Crippen LogP contribution in [0.3, 0.4) is 0 Å². The molecule has 3 aromatic rings. The standard InChI is InChI=1S/C28H29Cl2FN2O3/c1-28(2,3)32-27(35)24(16-19-9-5-4-6-10-19)33(17-20-13-14-21(29)22(30)15-20)26(34)18-36-25-12-8-7-11-23(25)31/h4-15,24H,16-18H2,1-3H3,(H,32,35)/t24-/m1/s1. The zero-order chi connectivity index (χ0) is 26.3. The Morgan fingerprint density at radius 2 is 1.61 bits per heavy atom. The third-order valence-corrected chi connectivity index (χ3v) is 6.03. The Hall–Kier alpha value is -3.09. The highest BCUT2D eigenvalue weighted by Gasteiger charge is 2.32. The highest BCUT2D eigenvalue weighted by atomic mass is 35.5. The first-order chi connectivity index (χ1) is 17.0. The molecule has 0 unspecified atom stereocenters. The second-order valence-electron chi connectivity index (χ2n) is 9.43. The zero-order valence-electron chi connectivity index (χ0n) is 20.4. The number of benzene rings is 3. The molecule has 0 heterocycles. The molecule has 2 amide bonds. The van der Waals surface area contributed by atoms with Gasteiger partial charge in [0.2, 0.25) is 5.91 Å². The molecule has 0 radical (unpaired) electrons. The van der Waals surface area contributed by atoms with Gasteiger partial charge in [-0.25, -0.2) is 4.39 Å². The molecule has 0 aromatic heterocycles. The lowest BCUT2D eigenvalue weighted by Gasteiger charge is -2.33. The van der Waals surface area contributed by atoms with E-state index in [1.54, 1.807) is 24.3 Å². The van der Waals surface area contributed by atoms with E-state index in [0.717, 1.165) is 5.56 Å². The van der Waals surface area contributed by atoms with E-state index in [1.807, 2.05) is 51.1 Å². The number of ether oxygens (including phenoxy) is 1. The van der Waals surface area contributed by atoms with Crippen molar-refractivity contribution in [2.45, 2.75) is 45.3 Å². The van der Waals surface area contributed by atoms with Gasteiger partial charge in [-0.1, -0.05) is 71.7 Å². The molecule has 0 aliphatic heterocycles. The van der Waals surface area contributed by atoms with Crippen molar-refractivity contribution in [3.63, 3.8) is 0 Å². The second kappa shape index (κ2) is 12.2. The van der Waals surface area contributed by atoms with E-state index in [4.69, 9.17) is 27.9 Å². The maximum atomic E-state index is 14.1. The zero-order valence-corrected chi connectivity index (χ0v) is 21.9. The number of carbonyl (C=O) groups is 2. The summed E-state index contributed by atoms with van der Waals surface area (Å²) in [5, 5.41) is 3.70. The van der Waals surface area contributed by atoms with Crippen LogP contribution in [0.5, 0.6) is 5.75 Å². The number of nitrogens with one attached hydrogen (secondary N) is 1. The predicted molar refractivity (Wildman–Crippen MR) is 141 cm³/mol. The number of nitrogens with zero attached hydrogens (tertiary/aromatic N) is 1. The van der Waals surface area contributed by atoms with E-state index >= 15 is 0 Å². The smallest absolute Gasteiger partial charge is 0.261 e. The first kappa shape index (κ1) is 27.5. The molecule has 0 saturated heterocycles. The highest BCUT2D eigenvalue weighted by molar-refractivity contribution is 6.42. The van der Waals surface area contributed by atoms with Crippen LogP contribution in [0.4, 0.5) is 4.39 Å². The topological polar surface area (TPSA) is 58.6 Å². The Balaban J connectivity index is 1.96. The fourth-order valence-corrected chi connectivity index (χ4v) is 3.95. The van der Waals surface area contributed by atoms with Gasteiger partial charge in [0.25, 0.3) is 5.91 Å². The van der Waals surface area contributed by atoms with Crippen LogP contribution >= 0.6 is 23.2 Å². The molecule has 0 aliphatic carbocycles. The molecule has 3 aromatic carbocycles. The number of hydrogen-bond acceptors (Lipinski definition) is 3. The minimum atomic E-state index is -0.863. The Morgan fingerprint density at radius 3 is 2.25 bits per heavy atom. The molecular formula is C28H29Cl2FN2O3. The van der Waals surface area contributed by atoms with Crippen LogP contribution in [0.2, 0.25) is 10.0 Å². The molecule has 0 saturated carbocycles. The Kier molecular flexibility index (Phi) is 9.35. The minimum absolute atomic E-state index is 0.0425. The van der Waals surface area contributed by atoms with E-state index in [2.05, 4.69) is 5.32 Å². The maximum absolute atomic E-state index is 14.1. The third-order valence-electron chi connectivity index (χ3n) is 5.29. The SMILES string of the molecule is CC(C)(C)NC(=O)[C@@H](Cc1ccccc1)N(Cc1ccc(Cl)c(Cl)c1)C(=O)COc1ccccc1F. The first-order valence-electron chi connectivity index (χ1n) is 11.5. The van der Waals surface area contributed by atoms with E-state index in [0.29, 0.717) is 15.6 Å². The average molecular weight is 531 g/mol. The molecule has 0 fully saturated rings. The largest absolute Gasteiger partial charge is 0.481 e. The summed E-state index contributed by atoms with van der Waals surface area (Å²) in [7, 11) is 0. The number of carbonyl (C=O) groups excluding carboxylic acids is 2. The fourth-order valence-electron chi connectivity index (χ4n) is 3.63. The number of amides is 2. The summed E-state index contributed by atoms with van der Waals surface area (Å²) in [6, 6.07) is 19.5. The minimum Gasteiger partial charge on any atom is -0.481 e. The molecule has 3 rings (SSSR count). The van der Waals surface area contributed by atoms with Crippen LogP contribution in [0.1, 0.15) is 31.9 Å². The van der Waals surface area contributed by atoms with Crippen molar-refractivity contribution in [3.05, 3.63) is 99.8 Å². The molecule has 8 heteroatoms. The number of hydrogen-bond donors (Lipinski definition) is 1. The van der Waals surface area contributed by atoms with Gasteiger partial charge in [-0.05, 0) is 56.2 Å². The Morgan fingerprint density at radius 1 is 0.944 bits per heavy atom. The van der Waals surface area contributed by atoms with Gasteiger partial charge in [-0.15, -0.1) is 0 Å². The summed E-state index contributed by atoms with van der Waals surface area (Å²) in [5.74, 6) is -1.41. The van der Waals surface area contributed by atoms with Gasteiger partial charge in [-0.3, -0.25) is 9.59 Å². The molecule has 5 nitrogen and oxygen atoms in total. The summed E-state index contributed by atoms with van der Waals surface area (Å²) in [4.78, 5) is 28.5. The van der Waals surface area contributed by atoms with E-state index < -0.39 is 29.9 Å². The van der Waals surface area contributed by atoms with Crippen molar-refractivity contribution in [1.29, 1.82) is 0 Å². The molecule has 1 N–H and O–H groups in total. The second-order valence-corrected chi connectivity index (χ2v) is 10.2. The predicted octanol–water partition coefficient (Wildman–Crippen LogP) is 6.07. The van der Waals surface area contributed by atoms with Crippen molar-refractivity contribution >= 4 is 35.0 Å². The monoisotopic (exact) mass is 530 g/mol. The number of halogens is 3. The van der Waals surface area contributed by atoms with Crippen molar-refractivity contribution in [3.8, 4) is 5.75 Å². The molecule has 0 bridgehead atoms. The Labute approximate surface area is 221 Å². The normalized spacial score (nSPS) is 12.1. The van der Waals surface area contributed by atoms with Crippen LogP contribution < -0.4 is 10.1 Å². The molecule has 1 atom stereocenters. The molecule has 0 aliphatic rings. The van der Waals surface area contributed by atoms with Gasteiger partial charge in [0, 0.05) is 18.5 Å². The summed E-state index contributed by atoms with van der Waals surface area (Å²) in [6.07, 6.45) is 0.273. The first-order valence-corrected chi connectivity index (χ1v) is 12.3. The molecule has 0 spiro atoms. The van der Waals surface area contributed by atoms with Gasteiger partial charge in [0.15, 0.2) is 18.2 Å². The van der Waals surface area contributed by atoms with Crippen LogP contribution in [0, 0.1) is 5.82 Å². The van der Waals surface area contributed by atoms with Gasteiger partial charge in [0.1, 0.15) is 6.04 Å². The molecular weight excluding hydrogens is 502 g/mol. The summed E-state index contributed by atoms with van der Waals surface area (Å²) in [6.45, 7) is 5.24. The molecule has 36 heavy (non-hydrogen) atoms. The number of rotatable bonds is 9. The summed E-state index contributed by atoms with van der Waals surface area (Å²) < 4.78 is 19.6. The third kappa shape index (κ3) is 7.97. The average Bonchev–Trinajstić information content (AvgIpc) is 2.82. The van der Waals surface area contributed by atoms with Gasteiger partial charge in [-0.2, -0.15) is 0 Å². The van der Waals surface area contributed by atoms with Crippen molar-refractivity contribution < 1.29 is 18.7 Å². The van der Waals surface area contributed by atoms with Crippen LogP contribution in [0.25, 0.3) is 0 Å². The van der Waals surface area contributed by atoms with Crippen molar-refractivity contribution in [2.75, 3.05) is 6.61 Å². The van der Waals surface area contributed by atoms with Gasteiger partial charge in [0.05, 0.1) is 10.0 Å².